The van der Waals surface area contributed by atoms with E-state index in [2.05, 4.69) is 5.32 Å². The summed E-state index contributed by atoms with van der Waals surface area (Å²) in [7, 11) is 0. The summed E-state index contributed by atoms with van der Waals surface area (Å²) in [5.74, 6) is -1.36. The van der Waals surface area contributed by atoms with Crippen LogP contribution < -0.4 is 5.32 Å². The van der Waals surface area contributed by atoms with Gasteiger partial charge in [-0.3, -0.25) is 0 Å². The van der Waals surface area contributed by atoms with Crippen LogP contribution in [0.2, 0.25) is 13.7 Å². The summed E-state index contributed by atoms with van der Waals surface area (Å²) < 4.78 is 5.98. The summed E-state index contributed by atoms with van der Waals surface area (Å²) in [5, 5.41) is 12.1. The molecule has 5 nitrogen and oxygen atoms in total. The summed E-state index contributed by atoms with van der Waals surface area (Å²) in [6.45, 7) is 0.0813. The normalized spacial score (nSPS) is 13.4. The van der Waals surface area contributed by atoms with E-state index in [0.717, 1.165) is 33.6 Å². The highest BCUT2D eigenvalue weighted by molar-refractivity contribution is 7.20. The number of amides is 1. The Morgan fingerprint density at radius 1 is 1.00 bits per heavy atom. The van der Waals surface area contributed by atoms with Crippen LogP contribution in [0.25, 0.3) is 11.1 Å². The molecule has 1 amide bonds. The summed E-state index contributed by atoms with van der Waals surface area (Å²) in [6.07, 6.45) is -0.941. The largest absolute Gasteiger partial charge is 0.480 e. The first-order valence-corrected chi connectivity index (χ1v) is 11.3. The zero-order chi connectivity index (χ0) is 22.1. The lowest BCUT2D eigenvalue weighted by atomic mass is 9.98. The number of ether oxygens (including phenoxy) is 1. The minimum atomic E-state index is -1.27. The Labute approximate surface area is 197 Å². The Hall–Kier alpha value is -2.25. The van der Waals surface area contributed by atoms with Gasteiger partial charge in [0.2, 0.25) is 0 Å². The van der Waals surface area contributed by atoms with Crippen molar-refractivity contribution in [3.05, 3.63) is 78.9 Å². The number of rotatable bonds is 6. The molecule has 0 radical (unpaired) electrons. The van der Waals surface area contributed by atoms with Crippen molar-refractivity contribution in [2.75, 3.05) is 6.61 Å². The van der Waals surface area contributed by atoms with E-state index in [-0.39, 0.29) is 32.6 Å². The first-order valence-electron chi connectivity index (χ1n) is 9.33. The van der Waals surface area contributed by atoms with Crippen molar-refractivity contribution in [2.24, 2.45) is 0 Å². The molecule has 1 aliphatic carbocycles. The molecule has 3 aromatic rings. The topological polar surface area (TPSA) is 75.6 Å². The molecule has 0 saturated heterocycles. The van der Waals surface area contributed by atoms with Crippen LogP contribution in [-0.2, 0) is 16.0 Å². The van der Waals surface area contributed by atoms with Crippen molar-refractivity contribution >= 4 is 58.2 Å². The second-order valence-electron chi connectivity index (χ2n) is 7.01. The molecule has 0 aliphatic heterocycles. The van der Waals surface area contributed by atoms with Gasteiger partial charge in [-0.1, -0.05) is 83.3 Å². The average Bonchev–Trinajstić information content (AvgIpc) is 3.20. The molecule has 1 atom stereocenters. The van der Waals surface area contributed by atoms with Crippen LogP contribution in [0.1, 0.15) is 22.6 Å². The molecule has 2 aromatic carbocycles. The van der Waals surface area contributed by atoms with Gasteiger partial charge in [-0.15, -0.1) is 11.3 Å². The van der Waals surface area contributed by atoms with Crippen molar-refractivity contribution < 1.29 is 19.4 Å². The summed E-state index contributed by atoms with van der Waals surface area (Å²) >= 11 is 19.2. The molecule has 0 bridgehead atoms. The Kier molecular flexibility index (Phi) is 6.44. The maximum Gasteiger partial charge on any atom is 0.407 e. The summed E-state index contributed by atoms with van der Waals surface area (Å²) in [4.78, 5) is 24.1. The predicted molar refractivity (Wildman–Crippen MR) is 123 cm³/mol. The number of hydrogen-bond acceptors (Lipinski definition) is 4. The molecular formula is C22H16Cl3NO4S. The van der Waals surface area contributed by atoms with Crippen LogP contribution >= 0.6 is 46.1 Å². The number of hydrogen-bond donors (Lipinski definition) is 2. The van der Waals surface area contributed by atoms with Gasteiger partial charge >= 0.3 is 12.1 Å². The van der Waals surface area contributed by atoms with Gasteiger partial charge in [0.25, 0.3) is 0 Å². The average molecular weight is 497 g/mol. The second-order valence-corrected chi connectivity index (χ2v) is 9.61. The van der Waals surface area contributed by atoms with E-state index >= 15 is 0 Å². The third-order valence-electron chi connectivity index (χ3n) is 5.20. The highest BCUT2D eigenvalue weighted by Gasteiger charge is 2.30. The lowest BCUT2D eigenvalue weighted by Gasteiger charge is -2.17. The Bertz CT molecular complexity index is 1120. The first kappa shape index (κ1) is 22.0. The number of nitrogens with one attached hydrogen (secondary N) is 1. The second kappa shape index (κ2) is 9.09. The van der Waals surface area contributed by atoms with Crippen LogP contribution in [0, 0.1) is 0 Å². The van der Waals surface area contributed by atoms with Crippen molar-refractivity contribution in [1.29, 1.82) is 0 Å². The highest BCUT2D eigenvalue weighted by atomic mass is 35.5. The van der Waals surface area contributed by atoms with Gasteiger partial charge < -0.3 is 15.2 Å². The van der Waals surface area contributed by atoms with E-state index in [4.69, 9.17) is 39.5 Å². The van der Waals surface area contributed by atoms with E-state index in [1.54, 1.807) is 0 Å². The van der Waals surface area contributed by atoms with E-state index in [1.165, 1.54) is 0 Å². The van der Waals surface area contributed by atoms with Gasteiger partial charge in [0.05, 0.1) is 9.36 Å². The standard InChI is InChI=1S/C22H16Cl3NO4S/c23-18-15(19(24)31-20(18)25)9-17(21(27)28)26-22(29)30-10-16-13-7-3-1-5-11(13)12-6-2-4-8-14(12)16/h1-8,16-17H,9-10H2,(H,26,29)(H,27,28). The zero-order valence-electron chi connectivity index (χ0n) is 15.9. The smallest absolute Gasteiger partial charge is 0.407 e. The minimum Gasteiger partial charge on any atom is -0.480 e. The Balaban J connectivity index is 1.45. The van der Waals surface area contributed by atoms with Crippen molar-refractivity contribution in [2.45, 2.75) is 18.4 Å². The van der Waals surface area contributed by atoms with Gasteiger partial charge in [0.1, 0.15) is 17.0 Å². The van der Waals surface area contributed by atoms with Crippen molar-refractivity contribution in [1.82, 2.24) is 5.32 Å². The first-order chi connectivity index (χ1) is 14.9. The number of halogens is 3. The van der Waals surface area contributed by atoms with Crippen molar-refractivity contribution in [3.8, 4) is 11.1 Å². The van der Waals surface area contributed by atoms with Crippen molar-refractivity contribution in [3.63, 3.8) is 0 Å². The third-order valence-corrected chi connectivity index (χ3v) is 7.51. The molecule has 4 rings (SSSR count). The number of benzene rings is 2. The molecule has 1 aromatic heterocycles. The fraction of sp³-hybridized carbons (Fsp3) is 0.182. The van der Waals surface area contributed by atoms with Crippen LogP contribution in [0.5, 0.6) is 0 Å². The number of alkyl carbamates (subject to hydrolysis) is 1. The predicted octanol–water partition coefficient (Wildman–Crippen LogP) is 6.24. The van der Waals surface area contributed by atoms with Gasteiger partial charge in [-0.05, 0) is 22.3 Å². The van der Waals surface area contributed by atoms with Gasteiger partial charge in [-0.2, -0.15) is 0 Å². The molecular weight excluding hydrogens is 481 g/mol. The minimum absolute atomic E-state index is 0.0813. The third kappa shape index (κ3) is 4.39. The molecule has 2 N–H and O–H groups in total. The fourth-order valence-corrected chi connectivity index (χ4v) is 5.68. The van der Waals surface area contributed by atoms with E-state index < -0.39 is 18.1 Å². The van der Waals surface area contributed by atoms with Gasteiger partial charge in [0.15, 0.2) is 0 Å². The number of carbonyl (C=O) groups excluding carboxylic acids is 1. The van der Waals surface area contributed by atoms with E-state index in [1.807, 2.05) is 48.5 Å². The highest BCUT2D eigenvalue weighted by Crippen LogP contribution is 2.44. The number of carboxylic acid groups (broad SMARTS) is 1. The molecule has 1 aliphatic rings. The van der Waals surface area contributed by atoms with Gasteiger partial charge in [0, 0.05) is 17.9 Å². The molecule has 0 saturated carbocycles. The summed E-state index contributed by atoms with van der Waals surface area (Å²) in [6, 6.07) is 14.6. The van der Waals surface area contributed by atoms with E-state index in [0.29, 0.717) is 5.56 Å². The Morgan fingerprint density at radius 3 is 2.10 bits per heavy atom. The number of carbonyl (C=O) groups is 2. The van der Waals surface area contributed by atoms with Crippen LogP contribution in [0.3, 0.4) is 0 Å². The number of thiophene rings is 1. The zero-order valence-corrected chi connectivity index (χ0v) is 19.0. The molecule has 1 heterocycles. The van der Waals surface area contributed by atoms with Crippen LogP contribution in [-0.4, -0.2) is 29.8 Å². The number of fused-ring (bicyclic) bond motifs is 3. The molecule has 160 valence electrons. The lowest BCUT2D eigenvalue weighted by Crippen LogP contribution is -2.43. The molecule has 31 heavy (non-hydrogen) atoms. The fourth-order valence-electron chi connectivity index (χ4n) is 3.75. The quantitative estimate of drug-likeness (QED) is 0.423. The molecule has 1 unspecified atom stereocenters. The van der Waals surface area contributed by atoms with Crippen LogP contribution in [0.4, 0.5) is 4.79 Å². The Morgan fingerprint density at radius 2 is 1.58 bits per heavy atom. The SMILES string of the molecule is O=C(NC(Cc1c(Cl)sc(Cl)c1Cl)C(=O)O)OCC1c2ccccc2-c2ccccc21. The number of aliphatic carboxylic acids is 1. The van der Waals surface area contributed by atoms with Gasteiger partial charge in [-0.25, -0.2) is 9.59 Å². The number of carboxylic acids is 1. The molecule has 0 spiro atoms. The molecule has 0 fully saturated rings. The maximum atomic E-state index is 12.4. The summed E-state index contributed by atoms with van der Waals surface area (Å²) in [5.41, 5.74) is 4.73. The van der Waals surface area contributed by atoms with Crippen LogP contribution in [0.15, 0.2) is 48.5 Å². The van der Waals surface area contributed by atoms with E-state index in [9.17, 15) is 14.7 Å². The maximum absolute atomic E-state index is 12.4. The monoisotopic (exact) mass is 495 g/mol. The molecule has 9 heteroatoms. The lowest BCUT2D eigenvalue weighted by molar-refractivity contribution is -0.139.